The van der Waals surface area contributed by atoms with E-state index >= 15 is 0 Å². The van der Waals surface area contributed by atoms with Crippen LogP contribution in [-0.4, -0.2) is 40.4 Å². The normalized spacial score (nSPS) is 10.8. The number of carboxylic acid groups (broad SMARTS) is 1. The Morgan fingerprint density at radius 1 is 1.71 bits per heavy atom. The van der Waals surface area contributed by atoms with Crippen LogP contribution in [0.25, 0.3) is 0 Å². The molecule has 0 aliphatic rings. The van der Waals surface area contributed by atoms with Crippen LogP contribution in [0.2, 0.25) is 0 Å². The third-order valence-corrected chi connectivity index (χ3v) is 1.89. The van der Waals surface area contributed by atoms with Gasteiger partial charge in [-0.3, -0.25) is 9.48 Å². The second-order valence-corrected chi connectivity index (χ2v) is 3.30. The van der Waals surface area contributed by atoms with Crippen molar-refractivity contribution in [3.05, 3.63) is 11.8 Å². The Morgan fingerprint density at radius 3 is 3.00 bits per heavy atom. The number of aryl methyl sites for hydroxylation is 1. The maximum absolute atomic E-state index is 11.8. The van der Waals surface area contributed by atoms with E-state index in [1.165, 1.54) is 4.68 Å². The SMILES string of the molecule is Cn1nc(NCC(=O)O)cc1COCC(F)F. The maximum atomic E-state index is 11.8. The van der Waals surface area contributed by atoms with E-state index in [4.69, 9.17) is 9.84 Å². The fraction of sp³-hybridized carbons (Fsp3) is 0.556. The molecule has 96 valence electrons. The number of rotatable bonds is 7. The van der Waals surface area contributed by atoms with Gasteiger partial charge in [0, 0.05) is 13.1 Å². The van der Waals surface area contributed by atoms with Crippen molar-refractivity contribution in [2.75, 3.05) is 18.5 Å². The van der Waals surface area contributed by atoms with Gasteiger partial charge in [-0.25, -0.2) is 8.78 Å². The molecule has 1 heterocycles. The quantitative estimate of drug-likeness (QED) is 0.743. The lowest BCUT2D eigenvalue weighted by Gasteiger charge is -2.02. The Hall–Kier alpha value is -1.70. The summed E-state index contributed by atoms with van der Waals surface area (Å²) in [5.41, 5.74) is 0.582. The summed E-state index contributed by atoms with van der Waals surface area (Å²) in [4.78, 5) is 10.3. The van der Waals surface area contributed by atoms with Crippen LogP contribution in [0.5, 0.6) is 0 Å². The highest BCUT2D eigenvalue weighted by molar-refractivity contribution is 5.72. The summed E-state index contributed by atoms with van der Waals surface area (Å²) in [5.74, 6) is -0.642. The molecule has 0 unspecified atom stereocenters. The zero-order valence-corrected chi connectivity index (χ0v) is 9.19. The van der Waals surface area contributed by atoms with Gasteiger partial charge < -0.3 is 15.2 Å². The molecular weight excluding hydrogens is 236 g/mol. The fourth-order valence-corrected chi connectivity index (χ4v) is 1.15. The number of nitrogens with zero attached hydrogens (tertiary/aromatic N) is 2. The number of ether oxygens (including phenoxy) is 1. The summed E-state index contributed by atoms with van der Waals surface area (Å²) in [6, 6.07) is 1.55. The molecule has 0 radical (unpaired) electrons. The smallest absolute Gasteiger partial charge is 0.322 e. The van der Waals surface area contributed by atoms with Crippen molar-refractivity contribution in [1.82, 2.24) is 9.78 Å². The van der Waals surface area contributed by atoms with Crippen LogP contribution >= 0.6 is 0 Å². The van der Waals surface area contributed by atoms with Crippen molar-refractivity contribution in [2.24, 2.45) is 7.05 Å². The molecule has 2 N–H and O–H groups in total. The molecule has 8 heteroatoms. The molecule has 0 aromatic carbocycles. The van der Waals surface area contributed by atoms with Crippen LogP contribution in [0.3, 0.4) is 0 Å². The van der Waals surface area contributed by atoms with Gasteiger partial charge in [-0.1, -0.05) is 0 Å². The van der Waals surface area contributed by atoms with Gasteiger partial charge in [0.2, 0.25) is 0 Å². The number of hydrogen-bond donors (Lipinski definition) is 2. The summed E-state index contributed by atoms with van der Waals surface area (Å²) in [6.45, 7) is -0.889. The van der Waals surface area contributed by atoms with Gasteiger partial charge in [-0.2, -0.15) is 5.10 Å². The average molecular weight is 249 g/mol. The van der Waals surface area contributed by atoms with E-state index < -0.39 is 19.0 Å². The minimum Gasteiger partial charge on any atom is -0.480 e. The van der Waals surface area contributed by atoms with E-state index in [1.807, 2.05) is 0 Å². The zero-order valence-electron chi connectivity index (χ0n) is 9.19. The van der Waals surface area contributed by atoms with E-state index in [9.17, 15) is 13.6 Å². The van der Waals surface area contributed by atoms with Gasteiger partial charge in [0.05, 0.1) is 12.3 Å². The minimum absolute atomic E-state index is 0.00257. The first-order valence-electron chi connectivity index (χ1n) is 4.83. The highest BCUT2D eigenvalue weighted by atomic mass is 19.3. The standard InChI is InChI=1S/C9H13F2N3O3/c1-14-6(4-17-5-7(10)11)2-8(13-14)12-3-9(15)16/h2,7H,3-5H2,1H3,(H,12,13)(H,15,16). The van der Waals surface area contributed by atoms with Crippen molar-refractivity contribution >= 4 is 11.8 Å². The van der Waals surface area contributed by atoms with Crippen LogP contribution in [0.1, 0.15) is 5.69 Å². The molecule has 0 atom stereocenters. The summed E-state index contributed by atoms with van der Waals surface area (Å²) in [6.07, 6.45) is -2.51. The van der Waals surface area contributed by atoms with Crippen molar-refractivity contribution in [3.8, 4) is 0 Å². The van der Waals surface area contributed by atoms with Crippen molar-refractivity contribution in [3.63, 3.8) is 0 Å². The molecule has 0 amide bonds. The maximum Gasteiger partial charge on any atom is 0.322 e. The molecule has 0 saturated heterocycles. The lowest BCUT2D eigenvalue weighted by molar-refractivity contribution is -0.134. The molecule has 1 aromatic heterocycles. The van der Waals surface area contributed by atoms with Crippen LogP contribution in [0.4, 0.5) is 14.6 Å². The van der Waals surface area contributed by atoms with E-state index in [0.717, 1.165) is 0 Å². The Kier molecular flexibility index (Phi) is 4.83. The molecule has 0 fully saturated rings. The number of nitrogens with one attached hydrogen (secondary N) is 1. The molecule has 0 aliphatic carbocycles. The van der Waals surface area contributed by atoms with Crippen LogP contribution in [0, 0.1) is 0 Å². The van der Waals surface area contributed by atoms with E-state index in [1.54, 1.807) is 13.1 Å². The van der Waals surface area contributed by atoms with Gasteiger partial charge in [0.1, 0.15) is 19.0 Å². The molecule has 17 heavy (non-hydrogen) atoms. The molecule has 0 saturated carbocycles. The van der Waals surface area contributed by atoms with Crippen LogP contribution in [0.15, 0.2) is 6.07 Å². The molecule has 6 nitrogen and oxygen atoms in total. The third-order valence-electron chi connectivity index (χ3n) is 1.89. The lowest BCUT2D eigenvalue weighted by atomic mass is 10.4. The number of aliphatic carboxylic acids is 1. The molecule has 1 rings (SSSR count). The van der Waals surface area contributed by atoms with Crippen molar-refractivity contribution in [1.29, 1.82) is 0 Å². The van der Waals surface area contributed by atoms with Gasteiger partial charge >= 0.3 is 5.97 Å². The molecule has 0 spiro atoms. The molecular formula is C9H13F2N3O3. The Morgan fingerprint density at radius 2 is 2.41 bits per heavy atom. The number of aromatic nitrogens is 2. The largest absolute Gasteiger partial charge is 0.480 e. The first-order valence-corrected chi connectivity index (χ1v) is 4.83. The Labute approximate surface area is 96.2 Å². The number of alkyl halides is 2. The topological polar surface area (TPSA) is 76.4 Å². The van der Waals surface area contributed by atoms with E-state index in [2.05, 4.69) is 10.4 Å². The Bertz CT molecular complexity index is 382. The van der Waals surface area contributed by atoms with E-state index in [-0.39, 0.29) is 13.2 Å². The molecule has 1 aromatic rings. The monoisotopic (exact) mass is 249 g/mol. The molecule has 0 aliphatic heterocycles. The number of carboxylic acids is 1. The fourth-order valence-electron chi connectivity index (χ4n) is 1.15. The minimum atomic E-state index is -2.51. The highest BCUT2D eigenvalue weighted by Gasteiger charge is 2.08. The van der Waals surface area contributed by atoms with E-state index in [0.29, 0.717) is 11.5 Å². The van der Waals surface area contributed by atoms with Crippen molar-refractivity contribution < 1.29 is 23.4 Å². The third kappa shape index (κ3) is 4.77. The number of anilines is 1. The first-order chi connectivity index (χ1) is 7.99. The lowest BCUT2D eigenvalue weighted by Crippen LogP contribution is -2.12. The van der Waals surface area contributed by atoms with Gasteiger partial charge in [-0.15, -0.1) is 0 Å². The number of carbonyl (C=O) groups is 1. The van der Waals surface area contributed by atoms with Crippen LogP contribution < -0.4 is 5.32 Å². The summed E-state index contributed by atoms with van der Waals surface area (Å²) < 4.78 is 29.8. The highest BCUT2D eigenvalue weighted by Crippen LogP contribution is 2.09. The average Bonchev–Trinajstić information content (AvgIpc) is 2.56. The predicted molar refractivity (Wildman–Crippen MR) is 55.0 cm³/mol. The summed E-state index contributed by atoms with van der Waals surface area (Å²) in [7, 11) is 1.62. The molecule has 0 bridgehead atoms. The van der Waals surface area contributed by atoms with Gasteiger partial charge in [0.25, 0.3) is 6.43 Å². The Balaban J connectivity index is 2.47. The predicted octanol–water partition coefficient (Wildman–Crippen LogP) is 0.698. The van der Waals surface area contributed by atoms with Crippen LogP contribution in [-0.2, 0) is 23.2 Å². The summed E-state index contributed by atoms with van der Waals surface area (Å²) in [5, 5.41) is 15.0. The second-order valence-electron chi connectivity index (χ2n) is 3.30. The zero-order chi connectivity index (χ0) is 12.8. The number of halogens is 2. The summed E-state index contributed by atoms with van der Waals surface area (Å²) >= 11 is 0. The van der Waals surface area contributed by atoms with Gasteiger partial charge in [-0.05, 0) is 0 Å². The first kappa shape index (κ1) is 13.4. The van der Waals surface area contributed by atoms with Gasteiger partial charge in [0.15, 0.2) is 0 Å². The number of hydrogen-bond acceptors (Lipinski definition) is 4. The second kappa shape index (κ2) is 6.14. The van der Waals surface area contributed by atoms with Crippen molar-refractivity contribution in [2.45, 2.75) is 13.0 Å².